The molecule has 140 valence electrons. The van der Waals surface area contributed by atoms with Crippen LogP contribution in [-0.4, -0.2) is 22.4 Å². The molecule has 0 saturated heterocycles. The number of aryl methyl sites for hydroxylation is 1. The number of aromatic nitrogens is 2. The molecule has 0 fully saturated rings. The second-order valence-corrected chi connectivity index (χ2v) is 6.79. The number of hydrogen-bond acceptors (Lipinski definition) is 3. The summed E-state index contributed by atoms with van der Waals surface area (Å²) in [6.07, 6.45) is 4.54. The van der Waals surface area contributed by atoms with Crippen molar-refractivity contribution in [2.24, 2.45) is 0 Å². The number of nitrogens with one attached hydrogen (secondary N) is 3. The summed E-state index contributed by atoms with van der Waals surface area (Å²) in [7, 11) is 0. The maximum absolute atomic E-state index is 12.4. The fourth-order valence-corrected chi connectivity index (χ4v) is 3.22. The van der Waals surface area contributed by atoms with E-state index in [1.807, 2.05) is 43.3 Å². The summed E-state index contributed by atoms with van der Waals surface area (Å²) in [6.45, 7) is 2.76. The standard InChI is InChI=1S/C23H22N4O/c1-16-5-4-6-19(13-16)27-23(28)18-9-10-22(26-15-18)24-12-11-17-14-25-21-8-3-2-7-20(17)21/h2-10,13-15,25H,11-12H2,1H3,(H,24,26)(H,27,28). The van der Waals surface area contributed by atoms with Gasteiger partial charge >= 0.3 is 0 Å². The molecule has 0 aliphatic carbocycles. The Morgan fingerprint density at radius 3 is 2.79 bits per heavy atom. The zero-order chi connectivity index (χ0) is 19.3. The van der Waals surface area contributed by atoms with E-state index in [0.29, 0.717) is 5.56 Å². The third-order valence-corrected chi connectivity index (χ3v) is 4.68. The predicted molar refractivity (Wildman–Crippen MR) is 114 cm³/mol. The molecule has 28 heavy (non-hydrogen) atoms. The van der Waals surface area contributed by atoms with Crippen LogP contribution in [0.1, 0.15) is 21.5 Å². The maximum Gasteiger partial charge on any atom is 0.257 e. The van der Waals surface area contributed by atoms with Crippen molar-refractivity contribution in [2.45, 2.75) is 13.3 Å². The number of rotatable bonds is 6. The lowest BCUT2D eigenvalue weighted by Gasteiger charge is -2.08. The van der Waals surface area contributed by atoms with Gasteiger partial charge in [-0.15, -0.1) is 0 Å². The first kappa shape index (κ1) is 17.8. The predicted octanol–water partition coefficient (Wildman–Crippen LogP) is 4.78. The minimum Gasteiger partial charge on any atom is -0.370 e. The van der Waals surface area contributed by atoms with Gasteiger partial charge in [-0.1, -0.05) is 30.3 Å². The fraction of sp³-hybridized carbons (Fsp3) is 0.130. The number of fused-ring (bicyclic) bond motifs is 1. The van der Waals surface area contributed by atoms with E-state index in [2.05, 4.69) is 45.0 Å². The van der Waals surface area contributed by atoms with E-state index < -0.39 is 0 Å². The number of anilines is 2. The lowest BCUT2D eigenvalue weighted by Crippen LogP contribution is -2.13. The molecule has 0 atom stereocenters. The normalized spacial score (nSPS) is 10.8. The molecular weight excluding hydrogens is 348 g/mol. The van der Waals surface area contributed by atoms with Gasteiger partial charge in [0.1, 0.15) is 5.82 Å². The molecule has 3 N–H and O–H groups in total. The summed E-state index contributed by atoms with van der Waals surface area (Å²) in [5, 5.41) is 7.46. The van der Waals surface area contributed by atoms with Crippen LogP contribution in [0.5, 0.6) is 0 Å². The van der Waals surface area contributed by atoms with E-state index in [4.69, 9.17) is 0 Å². The molecule has 5 heteroatoms. The van der Waals surface area contributed by atoms with E-state index in [1.165, 1.54) is 10.9 Å². The highest BCUT2D eigenvalue weighted by atomic mass is 16.1. The van der Waals surface area contributed by atoms with Gasteiger partial charge in [-0.3, -0.25) is 4.79 Å². The molecule has 0 aliphatic heterocycles. The molecule has 2 aromatic heterocycles. The average molecular weight is 370 g/mol. The van der Waals surface area contributed by atoms with Crippen molar-refractivity contribution < 1.29 is 4.79 Å². The van der Waals surface area contributed by atoms with Crippen LogP contribution in [0.2, 0.25) is 0 Å². The Kier molecular flexibility index (Phi) is 5.06. The van der Waals surface area contributed by atoms with Crippen LogP contribution in [0.3, 0.4) is 0 Å². The van der Waals surface area contributed by atoms with Crippen LogP contribution in [0.4, 0.5) is 11.5 Å². The largest absolute Gasteiger partial charge is 0.370 e. The highest BCUT2D eigenvalue weighted by molar-refractivity contribution is 6.04. The van der Waals surface area contributed by atoms with Gasteiger partial charge in [-0.05, 0) is 54.8 Å². The van der Waals surface area contributed by atoms with Crippen molar-refractivity contribution in [2.75, 3.05) is 17.2 Å². The Morgan fingerprint density at radius 2 is 1.96 bits per heavy atom. The smallest absolute Gasteiger partial charge is 0.257 e. The third-order valence-electron chi connectivity index (χ3n) is 4.68. The Bertz CT molecular complexity index is 1100. The van der Waals surface area contributed by atoms with Crippen molar-refractivity contribution in [3.8, 4) is 0 Å². The van der Waals surface area contributed by atoms with Crippen molar-refractivity contribution in [1.82, 2.24) is 9.97 Å². The average Bonchev–Trinajstić information content (AvgIpc) is 3.12. The lowest BCUT2D eigenvalue weighted by molar-refractivity contribution is 0.102. The molecule has 0 aliphatic rings. The van der Waals surface area contributed by atoms with Crippen molar-refractivity contribution in [3.05, 3.63) is 89.7 Å². The first-order chi connectivity index (χ1) is 13.7. The molecule has 0 radical (unpaired) electrons. The summed E-state index contributed by atoms with van der Waals surface area (Å²) in [5.41, 5.74) is 4.84. The summed E-state index contributed by atoms with van der Waals surface area (Å²) in [4.78, 5) is 20.0. The van der Waals surface area contributed by atoms with Crippen LogP contribution in [0.15, 0.2) is 73.1 Å². The van der Waals surface area contributed by atoms with Gasteiger partial charge in [0.2, 0.25) is 0 Å². The number of H-pyrrole nitrogens is 1. The lowest BCUT2D eigenvalue weighted by atomic mass is 10.1. The third kappa shape index (κ3) is 4.04. The van der Waals surface area contributed by atoms with E-state index in [-0.39, 0.29) is 5.91 Å². The molecule has 4 rings (SSSR count). The SMILES string of the molecule is Cc1cccc(NC(=O)c2ccc(NCCc3c[nH]c4ccccc34)nc2)c1. The molecule has 2 aromatic carbocycles. The fourth-order valence-electron chi connectivity index (χ4n) is 3.22. The molecular formula is C23H22N4O. The zero-order valence-electron chi connectivity index (χ0n) is 15.7. The summed E-state index contributed by atoms with van der Waals surface area (Å²) >= 11 is 0. The molecule has 2 heterocycles. The molecule has 0 spiro atoms. The Hall–Kier alpha value is -3.60. The van der Waals surface area contributed by atoms with E-state index in [9.17, 15) is 4.79 Å². The first-order valence-corrected chi connectivity index (χ1v) is 9.32. The second kappa shape index (κ2) is 7.96. The van der Waals surface area contributed by atoms with Crippen LogP contribution in [-0.2, 0) is 6.42 Å². The number of para-hydroxylation sites is 1. The highest BCUT2D eigenvalue weighted by Gasteiger charge is 2.07. The Morgan fingerprint density at radius 1 is 1.07 bits per heavy atom. The van der Waals surface area contributed by atoms with Crippen molar-refractivity contribution in [3.63, 3.8) is 0 Å². The topological polar surface area (TPSA) is 69.8 Å². The van der Waals surface area contributed by atoms with Gasteiger partial charge in [0.25, 0.3) is 5.91 Å². The van der Waals surface area contributed by atoms with Crippen molar-refractivity contribution >= 4 is 28.3 Å². The highest BCUT2D eigenvalue weighted by Crippen LogP contribution is 2.18. The summed E-state index contributed by atoms with van der Waals surface area (Å²) in [6, 6.07) is 19.6. The number of amides is 1. The number of hydrogen-bond donors (Lipinski definition) is 3. The number of nitrogens with zero attached hydrogens (tertiary/aromatic N) is 1. The number of carbonyl (C=O) groups is 1. The molecule has 0 unspecified atom stereocenters. The molecule has 5 nitrogen and oxygen atoms in total. The Labute approximate surface area is 163 Å². The van der Waals surface area contributed by atoms with Gasteiger partial charge in [-0.25, -0.2) is 4.98 Å². The maximum atomic E-state index is 12.4. The molecule has 0 saturated carbocycles. The van der Waals surface area contributed by atoms with Crippen LogP contribution >= 0.6 is 0 Å². The van der Waals surface area contributed by atoms with Gasteiger partial charge in [-0.2, -0.15) is 0 Å². The molecule has 4 aromatic rings. The Balaban J connectivity index is 1.33. The number of benzene rings is 2. The number of carbonyl (C=O) groups excluding carboxylic acids is 1. The van der Waals surface area contributed by atoms with E-state index in [0.717, 1.165) is 35.6 Å². The van der Waals surface area contributed by atoms with Gasteiger partial charge < -0.3 is 15.6 Å². The van der Waals surface area contributed by atoms with E-state index in [1.54, 1.807) is 12.3 Å². The summed E-state index contributed by atoms with van der Waals surface area (Å²) in [5.74, 6) is 0.593. The first-order valence-electron chi connectivity index (χ1n) is 9.32. The molecule has 0 bridgehead atoms. The minimum atomic E-state index is -0.163. The monoisotopic (exact) mass is 370 g/mol. The molecule has 1 amide bonds. The number of aromatic amines is 1. The van der Waals surface area contributed by atoms with Crippen LogP contribution in [0.25, 0.3) is 10.9 Å². The minimum absolute atomic E-state index is 0.163. The van der Waals surface area contributed by atoms with Gasteiger partial charge in [0, 0.05) is 35.5 Å². The van der Waals surface area contributed by atoms with Gasteiger partial charge in [0.05, 0.1) is 5.56 Å². The number of pyridine rings is 1. The second-order valence-electron chi connectivity index (χ2n) is 6.79. The van der Waals surface area contributed by atoms with Crippen LogP contribution in [0, 0.1) is 6.92 Å². The zero-order valence-corrected chi connectivity index (χ0v) is 15.7. The van der Waals surface area contributed by atoms with E-state index >= 15 is 0 Å². The van der Waals surface area contributed by atoms with Crippen LogP contribution < -0.4 is 10.6 Å². The van der Waals surface area contributed by atoms with Crippen molar-refractivity contribution in [1.29, 1.82) is 0 Å². The van der Waals surface area contributed by atoms with Gasteiger partial charge in [0.15, 0.2) is 0 Å². The quantitative estimate of drug-likeness (QED) is 0.457. The summed E-state index contributed by atoms with van der Waals surface area (Å²) < 4.78 is 0.